The van der Waals surface area contributed by atoms with Crippen molar-refractivity contribution in [3.05, 3.63) is 53.9 Å². The first kappa shape index (κ1) is 21.0. The Morgan fingerprint density at radius 3 is 2.53 bits per heavy atom. The zero-order valence-corrected chi connectivity index (χ0v) is 19.0. The van der Waals surface area contributed by atoms with Gasteiger partial charge >= 0.3 is 0 Å². The molecule has 1 aliphatic heterocycles. The number of hydrogen-bond acceptors (Lipinski definition) is 6. The maximum absolute atomic E-state index is 9.35. The van der Waals surface area contributed by atoms with Gasteiger partial charge in [-0.25, -0.2) is 9.97 Å². The molecule has 2 aromatic carbocycles. The fraction of sp³-hybridized carbons (Fsp3) is 0.462. The number of piperidine rings is 1. The van der Waals surface area contributed by atoms with Crippen LogP contribution in [0.1, 0.15) is 48.9 Å². The summed E-state index contributed by atoms with van der Waals surface area (Å²) in [4.78, 5) is 14.5. The molecule has 0 amide bonds. The largest absolute Gasteiger partial charge is 0.496 e. The van der Waals surface area contributed by atoms with Crippen molar-refractivity contribution in [2.75, 3.05) is 50.2 Å². The van der Waals surface area contributed by atoms with Crippen molar-refractivity contribution in [2.45, 2.75) is 37.5 Å². The van der Waals surface area contributed by atoms with Gasteiger partial charge in [0.15, 0.2) is 0 Å². The van der Waals surface area contributed by atoms with Gasteiger partial charge in [-0.1, -0.05) is 18.2 Å². The van der Waals surface area contributed by atoms with Crippen LogP contribution in [0.3, 0.4) is 0 Å². The summed E-state index contributed by atoms with van der Waals surface area (Å²) in [5.74, 6) is 4.07. The minimum atomic E-state index is 0.134. The Bertz CT molecular complexity index is 1090. The maximum Gasteiger partial charge on any atom is 0.140 e. The predicted octanol–water partition coefficient (Wildman–Crippen LogP) is 4.33. The van der Waals surface area contributed by atoms with Crippen LogP contribution in [0.25, 0.3) is 10.9 Å². The van der Waals surface area contributed by atoms with Crippen LogP contribution in [0.15, 0.2) is 42.5 Å². The van der Waals surface area contributed by atoms with Gasteiger partial charge in [-0.15, -0.1) is 0 Å². The van der Waals surface area contributed by atoms with Gasteiger partial charge < -0.3 is 19.6 Å². The van der Waals surface area contributed by atoms with E-state index in [1.54, 1.807) is 7.11 Å². The quantitative estimate of drug-likeness (QED) is 0.600. The van der Waals surface area contributed by atoms with Gasteiger partial charge in [0.2, 0.25) is 0 Å². The number of nitrogens with zero attached hydrogens (tertiary/aromatic N) is 4. The summed E-state index contributed by atoms with van der Waals surface area (Å²) in [6.45, 7) is 2.67. The van der Waals surface area contributed by atoms with Crippen molar-refractivity contribution >= 4 is 22.4 Å². The number of benzene rings is 2. The third-order valence-electron chi connectivity index (χ3n) is 6.87. The van der Waals surface area contributed by atoms with Gasteiger partial charge in [-0.2, -0.15) is 0 Å². The number of ether oxygens (including phenoxy) is 1. The lowest BCUT2D eigenvalue weighted by molar-refractivity contribution is 0.304. The van der Waals surface area contributed by atoms with E-state index in [0.717, 1.165) is 59.9 Å². The molecule has 32 heavy (non-hydrogen) atoms. The molecule has 2 heterocycles. The van der Waals surface area contributed by atoms with Crippen molar-refractivity contribution in [3.63, 3.8) is 0 Å². The second kappa shape index (κ2) is 8.94. The van der Waals surface area contributed by atoms with E-state index in [9.17, 15) is 5.11 Å². The van der Waals surface area contributed by atoms with E-state index in [4.69, 9.17) is 14.7 Å². The fourth-order valence-electron chi connectivity index (χ4n) is 4.81. The molecule has 2 aliphatic rings. The molecule has 168 valence electrons. The summed E-state index contributed by atoms with van der Waals surface area (Å²) in [6, 6.07) is 14.8. The highest BCUT2D eigenvalue weighted by Gasteiger charge is 2.30. The molecule has 0 atom stereocenters. The molecule has 0 radical (unpaired) electrons. The van der Waals surface area contributed by atoms with Crippen molar-refractivity contribution in [3.8, 4) is 5.75 Å². The SMILES string of the molecule is COc1ccccc1C1CCN(c2nc(C3CC3)nc3ccc(N(C)CCO)cc23)CC1. The van der Waals surface area contributed by atoms with Gasteiger partial charge in [0, 0.05) is 43.7 Å². The summed E-state index contributed by atoms with van der Waals surface area (Å²) < 4.78 is 5.62. The van der Waals surface area contributed by atoms with Gasteiger partial charge in [0.05, 0.1) is 19.2 Å². The number of methoxy groups -OCH3 is 1. The molecular formula is C26H32N4O2. The van der Waals surface area contributed by atoms with Crippen LogP contribution >= 0.6 is 0 Å². The number of aliphatic hydroxyl groups excluding tert-OH is 1. The Kier molecular flexibility index (Phi) is 5.87. The Balaban J connectivity index is 1.45. The highest BCUT2D eigenvalue weighted by molar-refractivity contribution is 5.92. The van der Waals surface area contributed by atoms with E-state index in [0.29, 0.717) is 18.4 Å². The lowest BCUT2D eigenvalue weighted by Crippen LogP contribution is -2.34. The van der Waals surface area contributed by atoms with E-state index in [-0.39, 0.29) is 6.61 Å². The van der Waals surface area contributed by atoms with Gasteiger partial charge in [0.25, 0.3) is 0 Å². The van der Waals surface area contributed by atoms with E-state index < -0.39 is 0 Å². The summed E-state index contributed by atoms with van der Waals surface area (Å²) in [5.41, 5.74) is 3.41. The number of aromatic nitrogens is 2. The average Bonchev–Trinajstić information content (AvgIpc) is 3.69. The number of rotatable bonds is 7. The van der Waals surface area contributed by atoms with Crippen LogP contribution in [-0.2, 0) is 0 Å². The molecule has 6 nitrogen and oxygen atoms in total. The molecule has 3 aromatic rings. The Labute approximate surface area is 189 Å². The molecule has 1 N–H and O–H groups in total. The van der Waals surface area contributed by atoms with Crippen LogP contribution in [0.4, 0.5) is 11.5 Å². The van der Waals surface area contributed by atoms with Crippen LogP contribution in [0.5, 0.6) is 5.75 Å². The van der Waals surface area contributed by atoms with Crippen molar-refractivity contribution in [2.24, 2.45) is 0 Å². The normalized spacial score (nSPS) is 17.0. The average molecular weight is 433 g/mol. The smallest absolute Gasteiger partial charge is 0.140 e. The Morgan fingerprint density at radius 2 is 1.81 bits per heavy atom. The number of anilines is 2. The first-order valence-electron chi connectivity index (χ1n) is 11.7. The fourth-order valence-corrected chi connectivity index (χ4v) is 4.81. The molecule has 2 fully saturated rings. The van der Waals surface area contributed by atoms with E-state index in [1.807, 2.05) is 13.1 Å². The van der Waals surface area contributed by atoms with Crippen molar-refractivity contribution < 1.29 is 9.84 Å². The van der Waals surface area contributed by atoms with Crippen LogP contribution in [0, 0.1) is 0 Å². The maximum atomic E-state index is 9.35. The van der Waals surface area contributed by atoms with Crippen LogP contribution in [-0.4, -0.2) is 55.5 Å². The van der Waals surface area contributed by atoms with Gasteiger partial charge in [-0.05, 0) is 61.4 Å². The van der Waals surface area contributed by atoms with E-state index in [1.165, 1.54) is 18.4 Å². The summed E-state index contributed by atoms with van der Waals surface area (Å²) >= 11 is 0. The zero-order valence-electron chi connectivity index (χ0n) is 19.0. The number of likely N-dealkylation sites (N-methyl/N-ethyl adjacent to an activating group) is 1. The molecule has 5 rings (SSSR count). The molecule has 0 spiro atoms. The topological polar surface area (TPSA) is 61.7 Å². The number of hydrogen-bond donors (Lipinski definition) is 1. The first-order chi connectivity index (χ1) is 15.7. The third-order valence-corrected chi connectivity index (χ3v) is 6.87. The van der Waals surface area contributed by atoms with Gasteiger partial charge in [0.1, 0.15) is 17.4 Å². The Hall–Kier alpha value is -2.86. The molecule has 1 aliphatic carbocycles. The second-order valence-electron chi connectivity index (χ2n) is 9.03. The monoisotopic (exact) mass is 432 g/mol. The second-order valence-corrected chi connectivity index (χ2v) is 9.03. The molecule has 1 saturated heterocycles. The zero-order chi connectivity index (χ0) is 22.1. The predicted molar refractivity (Wildman–Crippen MR) is 129 cm³/mol. The summed E-state index contributed by atoms with van der Waals surface area (Å²) in [7, 11) is 3.76. The third kappa shape index (κ3) is 4.11. The van der Waals surface area contributed by atoms with Crippen molar-refractivity contribution in [1.29, 1.82) is 0 Å². The molecule has 1 saturated carbocycles. The minimum absolute atomic E-state index is 0.134. The number of aliphatic hydroxyl groups is 1. The Morgan fingerprint density at radius 1 is 1.03 bits per heavy atom. The van der Waals surface area contributed by atoms with Crippen molar-refractivity contribution in [1.82, 2.24) is 9.97 Å². The van der Waals surface area contributed by atoms with E-state index >= 15 is 0 Å². The standard InChI is InChI=1S/C26H32N4O2/c1-29(15-16-31)20-9-10-23-22(17-20)26(28-25(27-23)19-7-8-19)30-13-11-18(12-14-30)21-5-3-4-6-24(21)32-2/h3-6,9-10,17-19,31H,7-8,11-16H2,1-2H3. The molecular weight excluding hydrogens is 400 g/mol. The van der Waals surface area contributed by atoms with E-state index in [2.05, 4.69) is 46.2 Å². The van der Waals surface area contributed by atoms with Gasteiger partial charge in [-0.3, -0.25) is 0 Å². The number of para-hydroxylation sites is 1. The minimum Gasteiger partial charge on any atom is -0.496 e. The van der Waals surface area contributed by atoms with Crippen LogP contribution < -0.4 is 14.5 Å². The number of fused-ring (bicyclic) bond motifs is 1. The summed E-state index contributed by atoms with van der Waals surface area (Å²) in [6.07, 6.45) is 4.54. The molecule has 0 unspecified atom stereocenters. The molecule has 1 aromatic heterocycles. The first-order valence-corrected chi connectivity index (χ1v) is 11.7. The van der Waals surface area contributed by atoms with Crippen LogP contribution in [0.2, 0.25) is 0 Å². The summed E-state index contributed by atoms with van der Waals surface area (Å²) in [5, 5.41) is 10.5. The highest BCUT2D eigenvalue weighted by Crippen LogP contribution is 2.41. The molecule has 0 bridgehead atoms. The highest BCUT2D eigenvalue weighted by atomic mass is 16.5. The lowest BCUT2D eigenvalue weighted by Gasteiger charge is -2.34. The lowest BCUT2D eigenvalue weighted by atomic mass is 9.88. The molecule has 6 heteroatoms.